The minimum absolute atomic E-state index is 0. The monoisotopic (exact) mass is 198 g/mol. The summed E-state index contributed by atoms with van der Waals surface area (Å²) in [6.07, 6.45) is 0.329. The third-order valence-corrected chi connectivity index (χ3v) is 1.15. The van der Waals surface area contributed by atoms with Crippen LogP contribution in [0.1, 0.15) is 6.42 Å². The molecule has 6 heteroatoms. The summed E-state index contributed by atoms with van der Waals surface area (Å²) in [6.45, 7) is 1.25. The lowest BCUT2D eigenvalue weighted by Gasteiger charge is -2.05. The second kappa shape index (κ2) is 8.73. The van der Waals surface area contributed by atoms with Gasteiger partial charge >= 0.3 is 5.97 Å². The number of rotatable bonds is 6. The highest BCUT2D eigenvalue weighted by Gasteiger charge is 2.09. The van der Waals surface area contributed by atoms with Crippen molar-refractivity contribution in [2.24, 2.45) is 11.5 Å². The van der Waals surface area contributed by atoms with Crippen LogP contribution in [-0.4, -0.2) is 36.9 Å². The summed E-state index contributed by atoms with van der Waals surface area (Å²) in [4.78, 5) is 10.2. The molecular weight excluding hydrogens is 184 g/mol. The molecule has 0 spiro atoms. The van der Waals surface area contributed by atoms with Crippen LogP contribution in [0.25, 0.3) is 0 Å². The molecule has 12 heavy (non-hydrogen) atoms. The van der Waals surface area contributed by atoms with Gasteiger partial charge in [-0.2, -0.15) is 0 Å². The maximum absolute atomic E-state index is 10.2. The number of aliphatic carboxylic acids is 1. The molecule has 0 saturated heterocycles. The topological polar surface area (TPSA) is 98.6 Å². The van der Waals surface area contributed by atoms with Crippen LogP contribution in [0, 0.1) is 0 Å². The fourth-order valence-corrected chi connectivity index (χ4v) is 0.519. The van der Waals surface area contributed by atoms with Crippen LogP contribution >= 0.6 is 12.4 Å². The van der Waals surface area contributed by atoms with Gasteiger partial charge in [0.15, 0.2) is 0 Å². The maximum Gasteiger partial charge on any atom is 0.320 e. The summed E-state index contributed by atoms with van der Waals surface area (Å²) in [6, 6.07) is -0.826. The zero-order valence-corrected chi connectivity index (χ0v) is 7.55. The molecule has 0 amide bonds. The third-order valence-electron chi connectivity index (χ3n) is 1.15. The molecule has 0 aliphatic rings. The van der Waals surface area contributed by atoms with Crippen molar-refractivity contribution in [1.29, 1.82) is 0 Å². The second-order valence-electron chi connectivity index (χ2n) is 2.13. The number of carbonyl (C=O) groups is 1. The Morgan fingerprint density at radius 3 is 2.50 bits per heavy atom. The van der Waals surface area contributed by atoms with Gasteiger partial charge in [0.1, 0.15) is 6.04 Å². The smallest absolute Gasteiger partial charge is 0.320 e. The van der Waals surface area contributed by atoms with Crippen molar-refractivity contribution in [2.45, 2.75) is 12.5 Å². The zero-order chi connectivity index (χ0) is 8.69. The molecule has 0 unspecified atom stereocenters. The van der Waals surface area contributed by atoms with Gasteiger partial charge in [0, 0.05) is 13.2 Å². The normalized spacial score (nSPS) is 11.8. The minimum Gasteiger partial charge on any atom is -0.480 e. The summed E-state index contributed by atoms with van der Waals surface area (Å²) in [5.74, 6) is -0.999. The van der Waals surface area contributed by atoms with Gasteiger partial charge in [-0.05, 0) is 6.42 Å². The van der Waals surface area contributed by atoms with Crippen molar-refractivity contribution in [3.63, 3.8) is 0 Å². The van der Waals surface area contributed by atoms with Crippen molar-refractivity contribution in [1.82, 2.24) is 0 Å². The van der Waals surface area contributed by atoms with Gasteiger partial charge in [-0.1, -0.05) is 0 Å². The van der Waals surface area contributed by atoms with Crippen LogP contribution in [0.3, 0.4) is 0 Å². The highest BCUT2D eigenvalue weighted by atomic mass is 35.5. The van der Waals surface area contributed by atoms with Crippen molar-refractivity contribution >= 4 is 18.4 Å². The molecule has 5 nitrogen and oxygen atoms in total. The van der Waals surface area contributed by atoms with Gasteiger partial charge in [0.05, 0.1) is 6.61 Å². The van der Waals surface area contributed by atoms with Gasteiger partial charge in [-0.25, -0.2) is 0 Å². The van der Waals surface area contributed by atoms with Crippen LogP contribution in [-0.2, 0) is 9.53 Å². The van der Waals surface area contributed by atoms with E-state index in [1.165, 1.54) is 0 Å². The Hall–Kier alpha value is -0.360. The highest BCUT2D eigenvalue weighted by molar-refractivity contribution is 5.85. The van der Waals surface area contributed by atoms with Gasteiger partial charge < -0.3 is 21.3 Å². The minimum atomic E-state index is -0.999. The maximum atomic E-state index is 10.2. The van der Waals surface area contributed by atoms with E-state index in [-0.39, 0.29) is 12.4 Å². The number of hydrogen-bond acceptors (Lipinski definition) is 4. The van der Waals surface area contributed by atoms with E-state index in [0.29, 0.717) is 26.2 Å². The summed E-state index contributed by atoms with van der Waals surface area (Å²) >= 11 is 0. The van der Waals surface area contributed by atoms with Gasteiger partial charge in [0.2, 0.25) is 0 Å². The summed E-state index contributed by atoms with van der Waals surface area (Å²) in [5, 5.41) is 8.33. The van der Waals surface area contributed by atoms with Crippen molar-refractivity contribution in [3.8, 4) is 0 Å². The molecule has 0 rings (SSSR count). The van der Waals surface area contributed by atoms with Crippen LogP contribution in [0.2, 0.25) is 0 Å². The van der Waals surface area contributed by atoms with E-state index in [1.54, 1.807) is 0 Å². The van der Waals surface area contributed by atoms with Crippen LogP contribution in [0.4, 0.5) is 0 Å². The van der Waals surface area contributed by atoms with E-state index in [9.17, 15) is 4.79 Å². The Labute approximate surface area is 77.5 Å². The van der Waals surface area contributed by atoms with E-state index >= 15 is 0 Å². The Morgan fingerprint density at radius 2 is 2.08 bits per heavy atom. The predicted octanol–water partition coefficient (Wildman–Crippen LogP) is -0.814. The average molecular weight is 199 g/mol. The number of carboxylic acids is 1. The van der Waals surface area contributed by atoms with E-state index < -0.39 is 12.0 Å². The van der Waals surface area contributed by atoms with E-state index in [0.717, 1.165) is 0 Å². The van der Waals surface area contributed by atoms with E-state index in [1.807, 2.05) is 0 Å². The van der Waals surface area contributed by atoms with Crippen LogP contribution in [0.5, 0.6) is 0 Å². The number of hydrogen-bond donors (Lipinski definition) is 3. The number of carboxylic acid groups (broad SMARTS) is 1. The second-order valence-corrected chi connectivity index (χ2v) is 2.13. The fraction of sp³-hybridized carbons (Fsp3) is 0.833. The standard InChI is InChI=1S/C6H14N2O3.ClH/c7-2-4-11-3-1-5(8)6(9)10;/h5H,1-4,7-8H2,(H,9,10);1H/t5-;/m0./s1. The molecule has 0 aromatic rings. The summed E-state index contributed by atoms with van der Waals surface area (Å²) < 4.78 is 4.94. The molecule has 0 heterocycles. The molecule has 74 valence electrons. The quantitative estimate of drug-likeness (QED) is 0.485. The molecule has 0 aromatic heterocycles. The molecule has 0 aromatic carbocycles. The molecule has 0 aliphatic heterocycles. The first-order chi connectivity index (χ1) is 5.18. The Balaban J connectivity index is 0. The Kier molecular flexibility index (Phi) is 10.3. The lowest BCUT2D eigenvalue weighted by Crippen LogP contribution is -2.31. The average Bonchev–Trinajstić information content (AvgIpc) is 1.97. The molecule has 0 bridgehead atoms. The number of ether oxygens (including phenoxy) is 1. The van der Waals surface area contributed by atoms with Crippen molar-refractivity contribution in [3.05, 3.63) is 0 Å². The van der Waals surface area contributed by atoms with Gasteiger partial charge in [0.25, 0.3) is 0 Å². The van der Waals surface area contributed by atoms with Gasteiger partial charge in [-0.15, -0.1) is 12.4 Å². The number of halogens is 1. The SMILES string of the molecule is Cl.NCCOCC[C@H](N)C(=O)O. The molecule has 5 N–H and O–H groups in total. The molecular formula is C6H15ClN2O3. The van der Waals surface area contributed by atoms with E-state index in [2.05, 4.69) is 0 Å². The van der Waals surface area contributed by atoms with Crippen LogP contribution < -0.4 is 11.5 Å². The summed E-state index contributed by atoms with van der Waals surface area (Å²) in [7, 11) is 0. The third kappa shape index (κ3) is 7.74. The molecule has 0 aliphatic carbocycles. The molecule has 0 saturated carbocycles. The largest absolute Gasteiger partial charge is 0.480 e. The summed E-state index contributed by atoms with van der Waals surface area (Å²) in [5.41, 5.74) is 10.3. The van der Waals surface area contributed by atoms with Crippen molar-refractivity contribution < 1.29 is 14.6 Å². The van der Waals surface area contributed by atoms with Crippen LogP contribution in [0.15, 0.2) is 0 Å². The first kappa shape index (κ1) is 14.2. The first-order valence-corrected chi connectivity index (χ1v) is 3.44. The first-order valence-electron chi connectivity index (χ1n) is 3.44. The molecule has 0 radical (unpaired) electrons. The molecule has 1 atom stereocenters. The fourth-order valence-electron chi connectivity index (χ4n) is 0.519. The number of nitrogens with two attached hydrogens (primary N) is 2. The van der Waals surface area contributed by atoms with Crippen molar-refractivity contribution in [2.75, 3.05) is 19.8 Å². The Bertz CT molecular complexity index is 123. The lowest BCUT2D eigenvalue weighted by molar-refractivity contribution is -0.139. The lowest BCUT2D eigenvalue weighted by atomic mass is 10.2. The molecule has 0 fully saturated rings. The predicted molar refractivity (Wildman–Crippen MR) is 47.3 cm³/mol. The Morgan fingerprint density at radius 1 is 1.50 bits per heavy atom. The van der Waals surface area contributed by atoms with Gasteiger partial charge in [-0.3, -0.25) is 4.79 Å². The van der Waals surface area contributed by atoms with E-state index in [4.69, 9.17) is 21.3 Å². The zero-order valence-electron chi connectivity index (χ0n) is 6.73. The highest BCUT2D eigenvalue weighted by Crippen LogP contribution is 1.88.